The van der Waals surface area contributed by atoms with Crippen LogP contribution in [0.5, 0.6) is 0 Å². The lowest BCUT2D eigenvalue weighted by molar-refractivity contribution is -0.114. The number of amides is 1. The Bertz CT molecular complexity index is 777. The summed E-state index contributed by atoms with van der Waals surface area (Å²) in [6, 6.07) is 6.13. The highest BCUT2D eigenvalue weighted by molar-refractivity contribution is 5.89. The van der Waals surface area contributed by atoms with Gasteiger partial charge in [0.15, 0.2) is 23.3 Å². The number of halogens is 5. The molecule has 1 amide bonds. The molecule has 0 aliphatic rings. The maximum Gasteiger partial charge on any atom is 0.221 e. The van der Waals surface area contributed by atoms with Gasteiger partial charge in [0.2, 0.25) is 11.7 Å². The van der Waals surface area contributed by atoms with Gasteiger partial charge in [-0.2, -0.15) is 5.10 Å². The number of nitrogens with one attached hydrogen (secondary N) is 2. The molecule has 9 heteroatoms. The van der Waals surface area contributed by atoms with E-state index in [4.69, 9.17) is 0 Å². The summed E-state index contributed by atoms with van der Waals surface area (Å²) in [7, 11) is 0. The van der Waals surface area contributed by atoms with Crippen molar-refractivity contribution in [3.63, 3.8) is 0 Å². The van der Waals surface area contributed by atoms with E-state index in [0.717, 1.165) is 6.21 Å². The third-order valence-electron chi connectivity index (χ3n) is 2.83. The molecule has 0 spiro atoms. The van der Waals surface area contributed by atoms with Crippen molar-refractivity contribution in [3.8, 4) is 0 Å². The van der Waals surface area contributed by atoms with Crippen LogP contribution < -0.4 is 10.7 Å². The van der Waals surface area contributed by atoms with Gasteiger partial charge in [0.05, 0.1) is 6.21 Å². The Morgan fingerprint density at radius 1 is 0.917 bits per heavy atom. The molecule has 2 aromatic rings. The summed E-state index contributed by atoms with van der Waals surface area (Å²) in [5, 5.41) is 5.97. The van der Waals surface area contributed by atoms with Crippen molar-refractivity contribution in [2.75, 3.05) is 10.7 Å². The SMILES string of the molecule is CC(=O)Nc1ccc(/C=N/Nc2c(F)c(F)c(F)c(F)c2F)cc1. The highest BCUT2D eigenvalue weighted by Crippen LogP contribution is 2.27. The quantitative estimate of drug-likeness (QED) is 0.292. The van der Waals surface area contributed by atoms with Crippen molar-refractivity contribution in [2.45, 2.75) is 6.92 Å². The van der Waals surface area contributed by atoms with Crippen LogP contribution in [0.15, 0.2) is 29.4 Å². The molecule has 0 unspecified atom stereocenters. The first-order valence-corrected chi connectivity index (χ1v) is 6.49. The molecule has 24 heavy (non-hydrogen) atoms. The third-order valence-corrected chi connectivity index (χ3v) is 2.83. The molecule has 126 valence electrons. The lowest BCUT2D eigenvalue weighted by Gasteiger charge is -2.07. The molecule has 0 fully saturated rings. The van der Waals surface area contributed by atoms with Crippen LogP contribution in [0.3, 0.4) is 0 Å². The first-order chi connectivity index (χ1) is 11.3. The fraction of sp³-hybridized carbons (Fsp3) is 0.0667. The average Bonchev–Trinajstić information content (AvgIpc) is 2.55. The van der Waals surface area contributed by atoms with Crippen LogP contribution in [0.2, 0.25) is 0 Å². The molecule has 0 heterocycles. The zero-order valence-corrected chi connectivity index (χ0v) is 12.1. The first kappa shape index (κ1) is 17.4. The number of carbonyl (C=O) groups is 1. The Hall–Kier alpha value is -2.97. The van der Waals surface area contributed by atoms with E-state index in [-0.39, 0.29) is 5.91 Å². The highest BCUT2D eigenvalue weighted by Gasteiger charge is 2.25. The van der Waals surface area contributed by atoms with Gasteiger partial charge in [-0.25, -0.2) is 22.0 Å². The maximum atomic E-state index is 13.4. The Balaban J connectivity index is 2.16. The van der Waals surface area contributed by atoms with Gasteiger partial charge < -0.3 is 5.32 Å². The second kappa shape index (κ2) is 7.07. The van der Waals surface area contributed by atoms with Crippen molar-refractivity contribution < 1.29 is 26.7 Å². The van der Waals surface area contributed by atoms with Crippen molar-refractivity contribution >= 4 is 23.5 Å². The summed E-state index contributed by atoms with van der Waals surface area (Å²) < 4.78 is 65.7. The Kier molecular flexibility index (Phi) is 5.12. The standard InChI is InChI=1S/C15H10F5N3O/c1-7(24)22-9-4-2-8(3-5-9)6-21-23-15-13(19)11(17)10(16)12(18)14(15)20/h2-6,23H,1H3,(H,22,24)/b21-6+. The molecule has 0 aromatic heterocycles. The molecule has 0 radical (unpaired) electrons. The second-order valence-electron chi connectivity index (χ2n) is 4.62. The van der Waals surface area contributed by atoms with Gasteiger partial charge in [0, 0.05) is 12.6 Å². The summed E-state index contributed by atoms with van der Waals surface area (Å²) >= 11 is 0. The lowest BCUT2D eigenvalue weighted by Crippen LogP contribution is -2.06. The summed E-state index contributed by atoms with van der Waals surface area (Å²) in [5.41, 5.74) is 1.52. The summed E-state index contributed by atoms with van der Waals surface area (Å²) in [6.45, 7) is 1.34. The predicted molar refractivity (Wildman–Crippen MR) is 78.2 cm³/mol. The maximum absolute atomic E-state index is 13.4. The van der Waals surface area contributed by atoms with E-state index >= 15 is 0 Å². The number of carbonyl (C=O) groups excluding carboxylic acids is 1. The van der Waals surface area contributed by atoms with E-state index in [2.05, 4.69) is 10.4 Å². The van der Waals surface area contributed by atoms with Gasteiger partial charge in [-0.1, -0.05) is 12.1 Å². The molecule has 2 N–H and O–H groups in total. The number of anilines is 2. The molecule has 2 aromatic carbocycles. The highest BCUT2D eigenvalue weighted by atomic mass is 19.2. The van der Waals surface area contributed by atoms with Gasteiger partial charge in [0.25, 0.3) is 0 Å². The van der Waals surface area contributed by atoms with Gasteiger partial charge in [0.1, 0.15) is 5.69 Å². The Labute approximate surface area is 133 Å². The van der Waals surface area contributed by atoms with E-state index in [1.165, 1.54) is 19.1 Å². The Morgan fingerprint density at radius 2 is 1.42 bits per heavy atom. The van der Waals surface area contributed by atoms with E-state index in [1.54, 1.807) is 17.6 Å². The lowest BCUT2D eigenvalue weighted by atomic mass is 10.2. The zero-order valence-electron chi connectivity index (χ0n) is 12.1. The fourth-order valence-electron chi connectivity index (χ4n) is 1.73. The van der Waals surface area contributed by atoms with Gasteiger partial charge in [-0.05, 0) is 17.7 Å². The number of hydrogen-bond donors (Lipinski definition) is 2. The number of rotatable bonds is 4. The summed E-state index contributed by atoms with van der Waals surface area (Å²) in [6.07, 6.45) is 1.11. The molecule has 4 nitrogen and oxygen atoms in total. The zero-order chi connectivity index (χ0) is 17.9. The van der Waals surface area contributed by atoms with Crippen LogP contribution in [0.25, 0.3) is 0 Å². The number of hydrogen-bond acceptors (Lipinski definition) is 3. The van der Waals surface area contributed by atoms with Crippen LogP contribution in [-0.4, -0.2) is 12.1 Å². The van der Waals surface area contributed by atoms with Crippen molar-refractivity contribution in [3.05, 3.63) is 58.9 Å². The van der Waals surface area contributed by atoms with Crippen molar-refractivity contribution in [1.29, 1.82) is 0 Å². The van der Waals surface area contributed by atoms with Gasteiger partial charge in [-0.15, -0.1) is 0 Å². The van der Waals surface area contributed by atoms with Crippen LogP contribution in [0, 0.1) is 29.1 Å². The summed E-state index contributed by atoms with van der Waals surface area (Å²) in [5.74, 6) is -10.6. The topological polar surface area (TPSA) is 53.5 Å². The molecule has 0 atom stereocenters. The van der Waals surface area contributed by atoms with Gasteiger partial charge >= 0.3 is 0 Å². The molecule has 0 aliphatic heterocycles. The number of benzene rings is 2. The van der Waals surface area contributed by atoms with E-state index < -0.39 is 34.8 Å². The van der Waals surface area contributed by atoms with Crippen LogP contribution >= 0.6 is 0 Å². The molecule has 2 rings (SSSR count). The van der Waals surface area contributed by atoms with E-state index in [0.29, 0.717) is 11.3 Å². The molecular weight excluding hydrogens is 333 g/mol. The van der Waals surface area contributed by atoms with Crippen LogP contribution in [0.1, 0.15) is 12.5 Å². The molecule has 0 saturated heterocycles. The monoisotopic (exact) mass is 343 g/mol. The molecule has 0 saturated carbocycles. The van der Waals surface area contributed by atoms with Crippen LogP contribution in [0.4, 0.5) is 33.3 Å². The average molecular weight is 343 g/mol. The number of nitrogens with zero attached hydrogens (tertiary/aromatic N) is 1. The van der Waals surface area contributed by atoms with Crippen LogP contribution in [-0.2, 0) is 4.79 Å². The molecule has 0 bridgehead atoms. The molecular formula is C15H10F5N3O. The smallest absolute Gasteiger partial charge is 0.221 e. The first-order valence-electron chi connectivity index (χ1n) is 6.49. The number of hydrazone groups is 1. The minimum absolute atomic E-state index is 0.260. The van der Waals surface area contributed by atoms with E-state index in [1.807, 2.05) is 0 Å². The molecule has 0 aliphatic carbocycles. The van der Waals surface area contributed by atoms with E-state index in [9.17, 15) is 26.7 Å². The largest absolute Gasteiger partial charge is 0.326 e. The predicted octanol–water partition coefficient (Wildman–Crippen LogP) is 3.79. The second-order valence-corrected chi connectivity index (χ2v) is 4.62. The Morgan fingerprint density at radius 3 is 1.92 bits per heavy atom. The minimum atomic E-state index is -2.24. The van der Waals surface area contributed by atoms with Gasteiger partial charge in [-0.3, -0.25) is 10.2 Å². The third kappa shape index (κ3) is 3.67. The normalized spacial score (nSPS) is 10.9. The minimum Gasteiger partial charge on any atom is -0.326 e. The van der Waals surface area contributed by atoms with Crippen molar-refractivity contribution in [2.24, 2.45) is 5.10 Å². The fourth-order valence-corrected chi connectivity index (χ4v) is 1.73. The summed E-state index contributed by atoms with van der Waals surface area (Å²) in [4.78, 5) is 10.9. The van der Waals surface area contributed by atoms with Crippen molar-refractivity contribution in [1.82, 2.24) is 0 Å².